The van der Waals surface area contributed by atoms with Crippen molar-refractivity contribution in [1.29, 1.82) is 0 Å². The SMILES string of the molecule is CSCc1cccc(C(=O)N(C)CC2(O)CCOCC2)c1. The van der Waals surface area contributed by atoms with E-state index in [0.717, 1.165) is 11.3 Å². The second kappa shape index (κ2) is 7.29. The van der Waals surface area contributed by atoms with E-state index in [1.807, 2.05) is 30.5 Å². The van der Waals surface area contributed by atoms with Gasteiger partial charge >= 0.3 is 0 Å². The van der Waals surface area contributed by atoms with E-state index in [1.54, 1.807) is 23.7 Å². The molecule has 0 saturated carbocycles. The first kappa shape index (κ1) is 16.3. The van der Waals surface area contributed by atoms with Gasteiger partial charge in [-0.1, -0.05) is 12.1 Å². The average Bonchev–Trinajstić information content (AvgIpc) is 2.47. The molecular formula is C16H23NO3S. The zero-order valence-corrected chi connectivity index (χ0v) is 13.5. The summed E-state index contributed by atoms with van der Waals surface area (Å²) in [7, 11) is 1.75. The number of carbonyl (C=O) groups is 1. The molecule has 0 unspecified atom stereocenters. The van der Waals surface area contributed by atoms with Gasteiger partial charge in [-0.3, -0.25) is 4.79 Å². The lowest BCUT2D eigenvalue weighted by Crippen LogP contribution is -2.47. The Kier molecular flexibility index (Phi) is 5.67. The molecular weight excluding hydrogens is 286 g/mol. The highest BCUT2D eigenvalue weighted by atomic mass is 32.2. The van der Waals surface area contributed by atoms with E-state index in [-0.39, 0.29) is 5.91 Å². The molecule has 21 heavy (non-hydrogen) atoms. The molecule has 1 aliphatic rings. The Labute approximate surface area is 130 Å². The van der Waals surface area contributed by atoms with E-state index in [4.69, 9.17) is 4.74 Å². The van der Waals surface area contributed by atoms with Gasteiger partial charge in [0.2, 0.25) is 0 Å². The summed E-state index contributed by atoms with van der Waals surface area (Å²) in [6.07, 6.45) is 3.20. The lowest BCUT2D eigenvalue weighted by Gasteiger charge is -2.35. The van der Waals surface area contributed by atoms with Crippen LogP contribution in [0.3, 0.4) is 0 Å². The van der Waals surface area contributed by atoms with E-state index in [1.165, 1.54) is 0 Å². The standard InChI is InChI=1S/C16H23NO3S/c1-17(12-16(19)6-8-20-9-7-16)15(18)14-5-3-4-13(10-14)11-21-2/h3-5,10,19H,6-9,11-12H2,1-2H3. The fraction of sp³-hybridized carbons (Fsp3) is 0.562. The molecule has 0 radical (unpaired) electrons. The van der Waals surface area contributed by atoms with Crippen molar-refractivity contribution in [1.82, 2.24) is 4.90 Å². The highest BCUT2D eigenvalue weighted by Crippen LogP contribution is 2.22. The fourth-order valence-corrected chi connectivity index (χ4v) is 3.12. The van der Waals surface area contributed by atoms with Crippen molar-refractivity contribution in [2.45, 2.75) is 24.2 Å². The Balaban J connectivity index is 2.03. The number of rotatable bonds is 5. The van der Waals surface area contributed by atoms with Crippen LogP contribution >= 0.6 is 11.8 Å². The van der Waals surface area contributed by atoms with E-state index >= 15 is 0 Å². The van der Waals surface area contributed by atoms with Gasteiger partial charge in [0, 0.05) is 51.0 Å². The number of ether oxygens (including phenoxy) is 1. The van der Waals surface area contributed by atoms with E-state index < -0.39 is 5.60 Å². The molecule has 2 rings (SSSR count). The van der Waals surface area contributed by atoms with Gasteiger partial charge in [-0.05, 0) is 24.0 Å². The Morgan fingerprint density at radius 3 is 2.81 bits per heavy atom. The van der Waals surface area contributed by atoms with Crippen molar-refractivity contribution in [2.75, 3.05) is 33.1 Å². The number of aliphatic hydroxyl groups is 1. The maximum absolute atomic E-state index is 12.5. The van der Waals surface area contributed by atoms with Gasteiger partial charge in [-0.15, -0.1) is 0 Å². The molecule has 5 heteroatoms. The van der Waals surface area contributed by atoms with Gasteiger partial charge in [0.15, 0.2) is 0 Å². The minimum absolute atomic E-state index is 0.0436. The van der Waals surface area contributed by atoms with E-state index in [2.05, 4.69) is 0 Å². The Morgan fingerprint density at radius 2 is 2.14 bits per heavy atom. The van der Waals surface area contributed by atoms with E-state index in [9.17, 15) is 9.90 Å². The number of thioether (sulfide) groups is 1. The first-order chi connectivity index (χ1) is 10.0. The summed E-state index contributed by atoms with van der Waals surface area (Å²) in [6, 6.07) is 7.70. The largest absolute Gasteiger partial charge is 0.388 e. The van der Waals surface area contributed by atoms with Crippen LogP contribution in [0.4, 0.5) is 0 Å². The van der Waals surface area contributed by atoms with Crippen molar-refractivity contribution >= 4 is 17.7 Å². The summed E-state index contributed by atoms with van der Waals surface area (Å²) in [5.74, 6) is 0.851. The molecule has 4 nitrogen and oxygen atoms in total. The second-order valence-corrected chi connectivity index (χ2v) is 6.50. The van der Waals surface area contributed by atoms with Crippen LogP contribution in [-0.4, -0.2) is 54.6 Å². The minimum atomic E-state index is -0.820. The molecule has 1 aliphatic heterocycles. The molecule has 0 bridgehead atoms. The average molecular weight is 309 g/mol. The van der Waals surface area contributed by atoms with Crippen molar-refractivity contribution in [3.63, 3.8) is 0 Å². The third-order valence-corrected chi connectivity index (χ3v) is 4.41. The maximum Gasteiger partial charge on any atom is 0.253 e. The van der Waals surface area contributed by atoms with Gasteiger partial charge in [-0.25, -0.2) is 0 Å². The predicted molar refractivity (Wildman–Crippen MR) is 85.6 cm³/mol. The van der Waals surface area contributed by atoms with Crippen LogP contribution < -0.4 is 0 Å². The molecule has 0 spiro atoms. The van der Waals surface area contributed by atoms with Crippen LogP contribution in [0.2, 0.25) is 0 Å². The van der Waals surface area contributed by atoms with Gasteiger partial charge in [0.25, 0.3) is 5.91 Å². The van der Waals surface area contributed by atoms with Crippen LogP contribution in [0.5, 0.6) is 0 Å². The molecule has 0 aromatic heterocycles. The minimum Gasteiger partial charge on any atom is -0.388 e. The highest BCUT2D eigenvalue weighted by Gasteiger charge is 2.32. The number of carbonyl (C=O) groups excluding carboxylic acids is 1. The van der Waals surface area contributed by atoms with Crippen molar-refractivity contribution in [3.8, 4) is 0 Å². The van der Waals surface area contributed by atoms with Crippen LogP contribution in [0.1, 0.15) is 28.8 Å². The quantitative estimate of drug-likeness (QED) is 0.905. The van der Waals surface area contributed by atoms with Crippen molar-refractivity contribution < 1.29 is 14.6 Å². The molecule has 1 fully saturated rings. The third-order valence-electron chi connectivity index (χ3n) is 3.79. The molecule has 1 saturated heterocycles. The number of benzene rings is 1. The highest BCUT2D eigenvalue weighted by molar-refractivity contribution is 7.97. The zero-order valence-electron chi connectivity index (χ0n) is 12.7. The molecule has 0 aliphatic carbocycles. The smallest absolute Gasteiger partial charge is 0.253 e. The Hall–Kier alpha value is -1.04. The van der Waals surface area contributed by atoms with Crippen LogP contribution in [0, 0.1) is 0 Å². The molecule has 1 aromatic carbocycles. The summed E-state index contributed by atoms with van der Waals surface area (Å²) < 4.78 is 5.27. The summed E-state index contributed by atoms with van der Waals surface area (Å²) >= 11 is 1.73. The molecule has 1 amide bonds. The summed E-state index contributed by atoms with van der Waals surface area (Å²) in [4.78, 5) is 14.1. The predicted octanol–water partition coefficient (Wildman–Crippen LogP) is 2.16. The van der Waals surface area contributed by atoms with Crippen molar-refractivity contribution in [3.05, 3.63) is 35.4 Å². The van der Waals surface area contributed by atoms with E-state index in [0.29, 0.717) is 38.2 Å². The monoisotopic (exact) mass is 309 g/mol. The van der Waals surface area contributed by atoms with Crippen molar-refractivity contribution in [2.24, 2.45) is 0 Å². The van der Waals surface area contributed by atoms with Crippen LogP contribution in [0.15, 0.2) is 24.3 Å². The van der Waals surface area contributed by atoms with Gasteiger partial charge < -0.3 is 14.7 Å². The topological polar surface area (TPSA) is 49.8 Å². The van der Waals surface area contributed by atoms with Gasteiger partial charge in [0.05, 0.1) is 5.60 Å². The van der Waals surface area contributed by atoms with Crippen LogP contribution in [-0.2, 0) is 10.5 Å². The first-order valence-corrected chi connectivity index (χ1v) is 8.57. The lowest BCUT2D eigenvalue weighted by atomic mass is 9.93. The molecule has 1 N–H and O–H groups in total. The maximum atomic E-state index is 12.5. The number of hydrogen-bond donors (Lipinski definition) is 1. The molecule has 1 aromatic rings. The molecule has 1 heterocycles. The number of nitrogens with zero attached hydrogens (tertiary/aromatic N) is 1. The number of hydrogen-bond acceptors (Lipinski definition) is 4. The van der Waals surface area contributed by atoms with Gasteiger partial charge in [-0.2, -0.15) is 11.8 Å². The lowest BCUT2D eigenvalue weighted by molar-refractivity contribution is -0.0734. The molecule has 0 atom stereocenters. The normalized spacial score (nSPS) is 17.5. The Morgan fingerprint density at radius 1 is 1.43 bits per heavy atom. The second-order valence-electron chi connectivity index (χ2n) is 5.63. The summed E-state index contributed by atoms with van der Waals surface area (Å²) in [6.45, 7) is 1.46. The first-order valence-electron chi connectivity index (χ1n) is 7.17. The number of amides is 1. The summed E-state index contributed by atoms with van der Waals surface area (Å²) in [5.41, 5.74) is 1.01. The third kappa shape index (κ3) is 4.46. The zero-order chi connectivity index (χ0) is 15.3. The van der Waals surface area contributed by atoms with Gasteiger partial charge in [0.1, 0.15) is 0 Å². The summed E-state index contributed by atoms with van der Waals surface area (Å²) in [5, 5.41) is 10.5. The fourth-order valence-electron chi connectivity index (χ4n) is 2.60. The number of likely N-dealkylation sites (N-methyl/N-ethyl adjacent to an activating group) is 1. The van der Waals surface area contributed by atoms with Crippen LogP contribution in [0.25, 0.3) is 0 Å². The molecule has 116 valence electrons. The Bertz CT molecular complexity index is 486.